The fraction of sp³-hybridized carbons (Fsp3) is 0.857. The van der Waals surface area contributed by atoms with Crippen LogP contribution in [0.1, 0.15) is 0 Å². The molecule has 0 saturated carbocycles. The number of ether oxygens (including phenoxy) is 1. The van der Waals surface area contributed by atoms with Gasteiger partial charge in [-0.2, -0.15) is 0 Å². The van der Waals surface area contributed by atoms with Crippen LogP contribution in [-0.2, 0) is 9.53 Å². The number of likely N-dealkylation sites (tertiary alicyclic amines) is 1. The van der Waals surface area contributed by atoms with E-state index in [1.165, 1.54) is 0 Å². The summed E-state index contributed by atoms with van der Waals surface area (Å²) in [4.78, 5) is 12.5. The van der Waals surface area contributed by atoms with Crippen LogP contribution >= 0.6 is 0 Å². The average molecular weight is 161 g/mol. The second-order valence-corrected chi connectivity index (χ2v) is 2.63. The number of halogens is 1. The van der Waals surface area contributed by atoms with Gasteiger partial charge < -0.3 is 9.64 Å². The van der Waals surface area contributed by atoms with Crippen LogP contribution in [-0.4, -0.2) is 44.3 Å². The molecule has 0 aromatic carbocycles. The van der Waals surface area contributed by atoms with Crippen molar-refractivity contribution in [3.8, 4) is 0 Å². The van der Waals surface area contributed by atoms with Gasteiger partial charge in [0.25, 0.3) is 0 Å². The molecule has 0 radical (unpaired) electrons. The van der Waals surface area contributed by atoms with Crippen molar-refractivity contribution in [3.63, 3.8) is 0 Å². The highest BCUT2D eigenvalue weighted by Gasteiger charge is 2.35. The number of amides is 1. The van der Waals surface area contributed by atoms with E-state index in [-0.39, 0.29) is 11.8 Å². The predicted molar refractivity (Wildman–Crippen MR) is 37.9 cm³/mol. The summed E-state index contributed by atoms with van der Waals surface area (Å²) in [6, 6.07) is 0. The Morgan fingerprint density at radius 3 is 3.00 bits per heavy atom. The molecule has 11 heavy (non-hydrogen) atoms. The number of hydrogen-bond acceptors (Lipinski definition) is 2. The smallest absolute Gasteiger partial charge is 0.230 e. The standard InChI is InChI=1S/C7H12FNO2/c1-11-3-2-9-5-6(4-8)7(9)10/h6H,2-5H2,1H3. The minimum atomic E-state index is -0.525. The Labute approximate surface area is 65.1 Å². The van der Waals surface area contributed by atoms with Gasteiger partial charge >= 0.3 is 0 Å². The fourth-order valence-electron chi connectivity index (χ4n) is 1.10. The first-order valence-corrected chi connectivity index (χ1v) is 3.63. The SMILES string of the molecule is COCCN1CC(CF)C1=O. The summed E-state index contributed by atoms with van der Waals surface area (Å²) in [7, 11) is 1.58. The quantitative estimate of drug-likeness (QED) is 0.546. The average Bonchev–Trinajstić information content (AvgIpc) is 2.03. The van der Waals surface area contributed by atoms with Gasteiger partial charge in [0, 0.05) is 20.2 Å². The summed E-state index contributed by atoms with van der Waals surface area (Å²) in [6.45, 7) is 1.15. The highest BCUT2D eigenvalue weighted by atomic mass is 19.1. The third-order valence-electron chi connectivity index (χ3n) is 1.85. The number of carbonyl (C=O) groups is 1. The molecule has 0 aromatic rings. The lowest BCUT2D eigenvalue weighted by atomic mass is 10.0. The van der Waals surface area contributed by atoms with E-state index in [1.807, 2.05) is 0 Å². The lowest BCUT2D eigenvalue weighted by Crippen LogP contribution is -2.54. The number of hydrogen-bond donors (Lipinski definition) is 0. The molecular weight excluding hydrogens is 149 g/mol. The molecule has 0 spiro atoms. The van der Waals surface area contributed by atoms with E-state index in [1.54, 1.807) is 12.0 Å². The molecule has 1 unspecified atom stereocenters. The van der Waals surface area contributed by atoms with Gasteiger partial charge in [0.05, 0.1) is 12.5 Å². The van der Waals surface area contributed by atoms with Crippen molar-refractivity contribution in [1.82, 2.24) is 4.90 Å². The molecule has 1 saturated heterocycles. The summed E-state index contributed by atoms with van der Waals surface area (Å²) in [5.74, 6) is -0.448. The van der Waals surface area contributed by atoms with Crippen molar-refractivity contribution in [2.24, 2.45) is 5.92 Å². The number of alkyl halides is 1. The Hall–Kier alpha value is -0.640. The second kappa shape index (κ2) is 3.67. The molecule has 1 heterocycles. The van der Waals surface area contributed by atoms with Gasteiger partial charge in [-0.15, -0.1) is 0 Å². The van der Waals surface area contributed by atoms with Gasteiger partial charge in [0.2, 0.25) is 5.91 Å². The normalized spacial score (nSPS) is 23.6. The molecular formula is C7H12FNO2. The Kier molecular flexibility index (Phi) is 2.82. The van der Waals surface area contributed by atoms with Crippen molar-refractivity contribution in [2.75, 3.05) is 33.5 Å². The van der Waals surface area contributed by atoms with Crippen LogP contribution in [0.15, 0.2) is 0 Å². The highest BCUT2D eigenvalue weighted by molar-refractivity contribution is 5.84. The lowest BCUT2D eigenvalue weighted by Gasteiger charge is -2.36. The van der Waals surface area contributed by atoms with Gasteiger partial charge in [0.1, 0.15) is 6.67 Å². The first-order chi connectivity index (χ1) is 5.29. The van der Waals surface area contributed by atoms with E-state index < -0.39 is 6.67 Å². The van der Waals surface area contributed by atoms with E-state index in [0.29, 0.717) is 19.7 Å². The maximum atomic E-state index is 11.9. The molecule has 1 aliphatic rings. The van der Waals surface area contributed by atoms with Crippen LogP contribution in [0, 0.1) is 5.92 Å². The molecule has 1 atom stereocenters. The zero-order valence-corrected chi connectivity index (χ0v) is 6.55. The number of β-lactam (4-membered cyclic amide) rings is 1. The third-order valence-corrected chi connectivity index (χ3v) is 1.85. The number of methoxy groups -OCH3 is 1. The molecule has 0 bridgehead atoms. The van der Waals surface area contributed by atoms with Crippen LogP contribution in [0.5, 0.6) is 0 Å². The zero-order valence-electron chi connectivity index (χ0n) is 6.55. The zero-order chi connectivity index (χ0) is 8.27. The van der Waals surface area contributed by atoms with E-state index >= 15 is 0 Å². The van der Waals surface area contributed by atoms with E-state index in [0.717, 1.165) is 0 Å². The molecule has 1 fully saturated rings. The summed E-state index contributed by atoms with van der Waals surface area (Å²) in [6.07, 6.45) is 0. The van der Waals surface area contributed by atoms with E-state index in [2.05, 4.69) is 0 Å². The van der Waals surface area contributed by atoms with Crippen LogP contribution < -0.4 is 0 Å². The maximum Gasteiger partial charge on any atom is 0.230 e. The summed E-state index contributed by atoms with van der Waals surface area (Å²) in [5, 5.41) is 0. The van der Waals surface area contributed by atoms with Crippen LogP contribution in [0.3, 0.4) is 0 Å². The molecule has 1 amide bonds. The molecule has 64 valence electrons. The molecule has 1 aliphatic heterocycles. The van der Waals surface area contributed by atoms with E-state index in [4.69, 9.17) is 4.74 Å². The molecule has 1 rings (SSSR count). The Balaban J connectivity index is 2.17. The van der Waals surface area contributed by atoms with Crippen molar-refractivity contribution < 1.29 is 13.9 Å². The monoisotopic (exact) mass is 161 g/mol. The Morgan fingerprint density at radius 1 is 1.82 bits per heavy atom. The van der Waals surface area contributed by atoms with Gasteiger partial charge in [-0.25, -0.2) is 0 Å². The Morgan fingerprint density at radius 2 is 2.55 bits per heavy atom. The predicted octanol–water partition coefficient (Wildman–Crippen LogP) is 0.0607. The molecule has 0 aliphatic carbocycles. The van der Waals surface area contributed by atoms with Crippen LogP contribution in [0.4, 0.5) is 4.39 Å². The van der Waals surface area contributed by atoms with Crippen molar-refractivity contribution in [3.05, 3.63) is 0 Å². The number of rotatable bonds is 4. The van der Waals surface area contributed by atoms with Crippen LogP contribution in [0.25, 0.3) is 0 Å². The first kappa shape index (κ1) is 8.46. The van der Waals surface area contributed by atoms with Crippen LogP contribution in [0.2, 0.25) is 0 Å². The topological polar surface area (TPSA) is 29.5 Å². The first-order valence-electron chi connectivity index (χ1n) is 3.63. The molecule has 4 heteroatoms. The van der Waals surface area contributed by atoms with Crippen molar-refractivity contribution in [2.45, 2.75) is 0 Å². The molecule has 0 N–H and O–H groups in total. The summed E-state index contributed by atoms with van der Waals surface area (Å²) in [5.41, 5.74) is 0. The fourth-order valence-corrected chi connectivity index (χ4v) is 1.10. The second-order valence-electron chi connectivity index (χ2n) is 2.63. The summed E-state index contributed by atoms with van der Waals surface area (Å²) < 4.78 is 16.7. The van der Waals surface area contributed by atoms with Gasteiger partial charge in [0.15, 0.2) is 0 Å². The van der Waals surface area contributed by atoms with Gasteiger partial charge in [-0.05, 0) is 0 Å². The lowest BCUT2D eigenvalue weighted by molar-refractivity contribution is -0.149. The van der Waals surface area contributed by atoms with Gasteiger partial charge in [-0.3, -0.25) is 9.18 Å². The maximum absolute atomic E-state index is 11.9. The highest BCUT2D eigenvalue weighted by Crippen LogP contribution is 2.16. The van der Waals surface area contributed by atoms with Crippen molar-refractivity contribution >= 4 is 5.91 Å². The largest absolute Gasteiger partial charge is 0.383 e. The minimum absolute atomic E-state index is 0.0791. The van der Waals surface area contributed by atoms with Gasteiger partial charge in [-0.1, -0.05) is 0 Å². The minimum Gasteiger partial charge on any atom is -0.383 e. The number of nitrogens with zero attached hydrogens (tertiary/aromatic N) is 1. The molecule has 0 aromatic heterocycles. The van der Waals surface area contributed by atoms with E-state index in [9.17, 15) is 9.18 Å². The summed E-state index contributed by atoms with van der Waals surface area (Å²) >= 11 is 0. The third kappa shape index (κ3) is 1.68. The molecule has 3 nitrogen and oxygen atoms in total. The van der Waals surface area contributed by atoms with Crippen molar-refractivity contribution in [1.29, 1.82) is 0 Å². The number of carbonyl (C=O) groups excluding carboxylic acids is 1. The Bertz CT molecular complexity index is 149.